The zero-order chi connectivity index (χ0) is 21.6. The van der Waals surface area contributed by atoms with Gasteiger partial charge >= 0.3 is 12.2 Å². The number of hydrogen-bond acceptors (Lipinski definition) is 3. The van der Waals surface area contributed by atoms with Crippen LogP contribution in [0.3, 0.4) is 0 Å². The van der Waals surface area contributed by atoms with Crippen molar-refractivity contribution in [2.24, 2.45) is 5.92 Å². The molecule has 0 aliphatic carbocycles. The summed E-state index contributed by atoms with van der Waals surface area (Å²) >= 11 is 17.6. The minimum Gasteiger partial charge on any atom is -0.363 e. The van der Waals surface area contributed by atoms with Crippen LogP contribution in [0.5, 0.6) is 0 Å². The summed E-state index contributed by atoms with van der Waals surface area (Å²) in [6.07, 6.45) is -5.36. The number of rotatable bonds is 3. The largest absolute Gasteiger partial charge is 0.437 e. The van der Waals surface area contributed by atoms with Crippen molar-refractivity contribution in [1.29, 1.82) is 0 Å². The summed E-state index contributed by atoms with van der Waals surface area (Å²) in [6, 6.07) is 6.09. The van der Waals surface area contributed by atoms with Gasteiger partial charge in [0.2, 0.25) is 5.72 Å². The van der Waals surface area contributed by atoms with Gasteiger partial charge in [-0.2, -0.15) is 13.2 Å². The van der Waals surface area contributed by atoms with Gasteiger partial charge in [-0.05, 0) is 42.0 Å². The van der Waals surface area contributed by atoms with Crippen molar-refractivity contribution in [2.45, 2.75) is 17.9 Å². The van der Waals surface area contributed by atoms with E-state index in [1.165, 1.54) is 47.8 Å². The molecule has 2 aromatic rings. The molecule has 2 amide bonds. The number of nitrogens with one attached hydrogen (secondary N) is 2. The molecule has 29 heavy (non-hydrogen) atoms. The lowest BCUT2D eigenvalue weighted by Crippen LogP contribution is -2.72. The van der Waals surface area contributed by atoms with E-state index in [1.54, 1.807) is 0 Å². The lowest BCUT2D eigenvalue weighted by atomic mass is 9.77. The summed E-state index contributed by atoms with van der Waals surface area (Å²) in [5.74, 6) is -3.23. The summed E-state index contributed by atoms with van der Waals surface area (Å²) < 4.78 is 41.4. The molecule has 0 unspecified atom stereocenters. The van der Waals surface area contributed by atoms with Gasteiger partial charge in [0.1, 0.15) is 5.92 Å². The molecule has 1 heterocycles. The fraction of sp³-hybridized carbons (Fsp3) is 0.222. The van der Waals surface area contributed by atoms with Crippen LogP contribution >= 0.6 is 34.8 Å². The zero-order valence-corrected chi connectivity index (χ0v) is 16.5. The Balaban J connectivity index is 2.17. The molecular formula is C18H12Cl3F3N2O3. The van der Waals surface area contributed by atoms with Crippen LogP contribution < -0.4 is 10.6 Å². The van der Waals surface area contributed by atoms with Crippen LogP contribution in [-0.2, 0) is 0 Å². The Morgan fingerprint density at radius 1 is 1.03 bits per heavy atom. The fourth-order valence-corrected chi connectivity index (χ4v) is 3.55. The maximum atomic E-state index is 13.8. The average Bonchev–Trinajstić information content (AvgIpc) is 2.62. The number of alkyl halides is 3. The molecule has 1 aliphatic heterocycles. The SMILES string of the molecule is O=C1N[C@@H](c2ccc(Cl)c(Cl)c2)[C@@H](C(=O)c2ccc(Cl)cc2)[C@](O)(C(F)(F)F)N1. The molecule has 2 aromatic carbocycles. The smallest absolute Gasteiger partial charge is 0.363 e. The number of amides is 2. The van der Waals surface area contributed by atoms with Gasteiger partial charge in [0.05, 0.1) is 16.1 Å². The summed E-state index contributed by atoms with van der Waals surface area (Å²) in [6.45, 7) is 0. The number of Topliss-reactive ketones (excluding diaryl/α,β-unsaturated/α-hetero) is 1. The van der Waals surface area contributed by atoms with Crippen LogP contribution in [0.15, 0.2) is 42.5 Å². The third kappa shape index (κ3) is 4.02. The number of urea groups is 1. The van der Waals surface area contributed by atoms with E-state index in [0.29, 0.717) is 0 Å². The van der Waals surface area contributed by atoms with Crippen molar-refractivity contribution in [3.8, 4) is 0 Å². The van der Waals surface area contributed by atoms with Crippen molar-refractivity contribution in [1.82, 2.24) is 10.6 Å². The highest BCUT2D eigenvalue weighted by molar-refractivity contribution is 6.42. The maximum absolute atomic E-state index is 13.8. The number of hydrogen-bond donors (Lipinski definition) is 3. The second-order valence-corrected chi connectivity index (χ2v) is 7.61. The summed E-state index contributed by atoms with van der Waals surface area (Å²) in [5, 5.41) is 14.6. The number of aliphatic hydroxyl groups is 1. The first-order chi connectivity index (χ1) is 13.4. The number of benzene rings is 2. The first kappa shape index (κ1) is 21.7. The van der Waals surface area contributed by atoms with E-state index < -0.39 is 35.7 Å². The Morgan fingerprint density at radius 3 is 2.21 bits per heavy atom. The van der Waals surface area contributed by atoms with E-state index >= 15 is 0 Å². The Labute approximate surface area is 177 Å². The van der Waals surface area contributed by atoms with Gasteiger partial charge in [-0.3, -0.25) is 4.79 Å². The minimum atomic E-state index is -5.36. The standard InChI is InChI=1S/C18H12Cl3F3N2O3/c19-10-4-1-8(2-5-10)15(27)13-14(9-3-6-11(20)12(21)7-9)25-16(28)26-17(13,29)18(22,23)24/h1-7,13-14,29H,(H2,25,26,28)/t13-,14-,17-/m0/s1. The van der Waals surface area contributed by atoms with Gasteiger partial charge in [-0.1, -0.05) is 40.9 Å². The van der Waals surface area contributed by atoms with Crippen molar-refractivity contribution >= 4 is 46.6 Å². The molecule has 0 radical (unpaired) electrons. The van der Waals surface area contributed by atoms with E-state index in [1.807, 2.05) is 0 Å². The average molecular weight is 468 g/mol. The molecule has 0 saturated carbocycles. The predicted octanol–water partition coefficient (Wildman–Crippen LogP) is 4.75. The molecule has 154 valence electrons. The molecule has 1 fully saturated rings. The first-order valence-corrected chi connectivity index (χ1v) is 9.20. The van der Waals surface area contributed by atoms with Gasteiger partial charge in [0.15, 0.2) is 5.78 Å². The maximum Gasteiger partial charge on any atom is 0.437 e. The molecule has 11 heteroatoms. The quantitative estimate of drug-likeness (QED) is 0.570. The highest BCUT2D eigenvalue weighted by Crippen LogP contribution is 2.44. The Hall–Kier alpha value is -2.00. The van der Waals surface area contributed by atoms with Crippen molar-refractivity contribution in [3.05, 3.63) is 68.7 Å². The molecule has 0 bridgehead atoms. The Morgan fingerprint density at radius 2 is 1.66 bits per heavy atom. The third-order valence-corrected chi connectivity index (χ3v) is 5.51. The van der Waals surface area contributed by atoms with Gasteiger partial charge in [-0.25, -0.2) is 4.79 Å². The van der Waals surface area contributed by atoms with Crippen molar-refractivity contribution in [2.75, 3.05) is 0 Å². The van der Waals surface area contributed by atoms with Gasteiger partial charge in [0, 0.05) is 10.6 Å². The van der Waals surface area contributed by atoms with Gasteiger partial charge in [-0.15, -0.1) is 0 Å². The second-order valence-electron chi connectivity index (χ2n) is 6.36. The molecule has 0 spiro atoms. The van der Waals surface area contributed by atoms with Crippen LogP contribution in [0.25, 0.3) is 0 Å². The zero-order valence-electron chi connectivity index (χ0n) is 14.2. The van der Waals surface area contributed by atoms with E-state index in [-0.39, 0.29) is 26.2 Å². The first-order valence-electron chi connectivity index (χ1n) is 8.06. The predicted molar refractivity (Wildman–Crippen MR) is 101 cm³/mol. The molecular weight excluding hydrogens is 456 g/mol. The lowest BCUT2D eigenvalue weighted by Gasteiger charge is -2.45. The fourth-order valence-electron chi connectivity index (χ4n) is 3.12. The molecule has 1 saturated heterocycles. The minimum absolute atomic E-state index is 0.00480. The lowest BCUT2D eigenvalue weighted by molar-refractivity contribution is -0.287. The summed E-state index contributed by atoms with van der Waals surface area (Å²) in [7, 11) is 0. The van der Waals surface area contributed by atoms with Crippen molar-refractivity contribution < 1.29 is 27.9 Å². The number of halogens is 6. The third-order valence-electron chi connectivity index (χ3n) is 4.52. The van der Waals surface area contributed by atoms with Crippen molar-refractivity contribution in [3.63, 3.8) is 0 Å². The van der Waals surface area contributed by atoms with Crippen LogP contribution in [0, 0.1) is 5.92 Å². The summed E-state index contributed by atoms with van der Waals surface area (Å²) in [5.41, 5.74) is -3.91. The van der Waals surface area contributed by atoms with Gasteiger partial charge < -0.3 is 15.7 Å². The Bertz CT molecular complexity index is 969. The van der Waals surface area contributed by atoms with E-state index in [2.05, 4.69) is 5.32 Å². The monoisotopic (exact) mass is 466 g/mol. The topological polar surface area (TPSA) is 78.4 Å². The van der Waals surface area contributed by atoms with Crippen LogP contribution in [0.1, 0.15) is 22.0 Å². The number of carbonyl (C=O) groups is 2. The van der Waals surface area contributed by atoms with Crippen LogP contribution in [0.2, 0.25) is 15.1 Å². The summed E-state index contributed by atoms with van der Waals surface area (Å²) in [4.78, 5) is 25.0. The highest BCUT2D eigenvalue weighted by Gasteiger charge is 2.66. The van der Waals surface area contributed by atoms with E-state index in [0.717, 1.165) is 0 Å². The molecule has 5 nitrogen and oxygen atoms in total. The molecule has 3 atom stereocenters. The molecule has 3 N–H and O–H groups in total. The van der Waals surface area contributed by atoms with Gasteiger partial charge in [0.25, 0.3) is 0 Å². The molecule has 1 aliphatic rings. The highest BCUT2D eigenvalue weighted by atomic mass is 35.5. The second kappa shape index (κ2) is 7.68. The molecule has 3 rings (SSSR count). The van der Waals surface area contributed by atoms with Crippen LogP contribution in [0.4, 0.5) is 18.0 Å². The molecule has 0 aromatic heterocycles. The van der Waals surface area contributed by atoms with E-state index in [4.69, 9.17) is 34.8 Å². The number of ketones is 1. The number of carbonyl (C=O) groups excluding carboxylic acids is 2. The Kier molecular flexibility index (Phi) is 5.75. The normalized spacial score (nSPS) is 24.6. The van der Waals surface area contributed by atoms with E-state index in [9.17, 15) is 27.9 Å². The van der Waals surface area contributed by atoms with Crippen LogP contribution in [-0.4, -0.2) is 28.8 Å².